The normalized spacial score (nSPS) is 25.2. The number of nitrogens with one attached hydrogen (secondary N) is 1. The van der Waals surface area contributed by atoms with E-state index in [-0.39, 0.29) is 0 Å². The molecule has 0 radical (unpaired) electrons. The Morgan fingerprint density at radius 2 is 2.36 bits per heavy atom. The largest absolute Gasteiger partial charge is 0.381 e. The first-order valence-electron chi connectivity index (χ1n) is 8.06. The van der Waals surface area contributed by atoms with Gasteiger partial charge in [-0.25, -0.2) is 4.99 Å². The van der Waals surface area contributed by atoms with E-state index in [1.54, 1.807) is 0 Å². The fourth-order valence-electron chi connectivity index (χ4n) is 3.31. The first-order valence-corrected chi connectivity index (χ1v) is 8.86. The van der Waals surface area contributed by atoms with Gasteiger partial charge in [-0.3, -0.25) is 0 Å². The molecule has 1 aromatic rings. The van der Waals surface area contributed by atoms with Crippen LogP contribution in [0.4, 0.5) is 0 Å². The lowest BCUT2D eigenvalue weighted by atomic mass is 9.87. The van der Waals surface area contributed by atoms with Crippen molar-refractivity contribution >= 4 is 21.9 Å². The SMILES string of the molecule is CCNC(=NCc1cccc(Br)c1)N1CCC2(CCOC2)C1. The van der Waals surface area contributed by atoms with Gasteiger partial charge in [-0.1, -0.05) is 28.1 Å². The lowest BCUT2D eigenvalue weighted by Crippen LogP contribution is -2.41. The minimum Gasteiger partial charge on any atom is -0.381 e. The predicted molar refractivity (Wildman–Crippen MR) is 93.0 cm³/mol. The van der Waals surface area contributed by atoms with Crippen LogP contribution in [0.1, 0.15) is 25.3 Å². The Bertz CT molecular complexity index is 540. The van der Waals surface area contributed by atoms with E-state index in [1.807, 2.05) is 6.07 Å². The zero-order chi connectivity index (χ0) is 15.4. The third-order valence-corrected chi connectivity index (χ3v) is 5.05. The topological polar surface area (TPSA) is 36.9 Å². The molecule has 0 bridgehead atoms. The molecular formula is C17H24BrN3O. The van der Waals surface area contributed by atoms with Crippen molar-refractivity contribution in [3.8, 4) is 0 Å². The molecule has 2 fully saturated rings. The van der Waals surface area contributed by atoms with Crippen molar-refractivity contribution in [2.75, 3.05) is 32.8 Å². The van der Waals surface area contributed by atoms with Crippen molar-refractivity contribution in [3.05, 3.63) is 34.3 Å². The number of benzene rings is 1. The van der Waals surface area contributed by atoms with E-state index < -0.39 is 0 Å². The summed E-state index contributed by atoms with van der Waals surface area (Å²) in [7, 11) is 0. The van der Waals surface area contributed by atoms with Gasteiger partial charge in [-0.15, -0.1) is 0 Å². The Balaban J connectivity index is 1.68. The smallest absolute Gasteiger partial charge is 0.194 e. The van der Waals surface area contributed by atoms with Crippen LogP contribution in [-0.4, -0.2) is 43.7 Å². The number of likely N-dealkylation sites (tertiary alicyclic amines) is 1. The van der Waals surface area contributed by atoms with Crippen LogP contribution in [0.2, 0.25) is 0 Å². The van der Waals surface area contributed by atoms with Gasteiger partial charge in [0.2, 0.25) is 0 Å². The zero-order valence-corrected chi connectivity index (χ0v) is 14.7. The van der Waals surface area contributed by atoms with E-state index >= 15 is 0 Å². The van der Waals surface area contributed by atoms with Gasteiger partial charge in [-0.05, 0) is 37.5 Å². The number of aliphatic imine (C=N–C) groups is 1. The highest BCUT2D eigenvalue weighted by atomic mass is 79.9. The molecule has 3 rings (SSSR count). The number of nitrogens with zero attached hydrogens (tertiary/aromatic N) is 2. The second kappa shape index (κ2) is 7.01. The molecule has 0 saturated carbocycles. The number of ether oxygens (including phenoxy) is 1. The number of halogens is 1. The van der Waals surface area contributed by atoms with Gasteiger partial charge < -0.3 is 15.0 Å². The molecule has 2 aliphatic rings. The minimum absolute atomic E-state index is 0.367. The van der Waals surface area contributed by atoms with Gasteiger partial charge >= 0.3 is 0 Å². The summed E-state index contributed by atoms with van der Waals surface area (Å²) in [6.07, 6.45) is 2.41. The molecule has 0 aliphatic carbocycles. The van der Waals surface area contributed by atoms with E-state index in [0.29, 0.717) is 12.0 Å². The van der Waals surface area contributed by atoms with Crippen molar-refractivity contribution in [1.29, 1.82) is 0 Å². The summed E-state index contributed by atoms with van der Waals surface area (Å²) in [6.45, 7) is 7.71. The Morgan fingerprint density at radius 1 is 1.45 bits per heavy atom. The summed E-state index contributed by atoms with van der Waals surface area (Å²) in [5, 5.41) is 3.44. The van der Waals surface area contributed by atoms with Crippen LogP contribution in [0.25, 0.3) is 0 Å². The molecule has 1 unspecified atom stereocenters. The van der Waals surface area contributed by atoms with E-state index in [4.69, 9.17) is 9.73 Å². The fraction of sp³-hybridized carbons (Fsp3) is 0.588. The van der Waals surface area contributed by atoms with Crippen molar-refractivity contribution in [1.82, 2.24) is 10.2 Å². The van der Waals surface area contributed by atoms with Gasteiger partial charge in [0.15, 0.2) is 5.96 Å². The lowest BCUT2D eigenvalue weighted by molar-refractivity contribution is 0.156. The monoisotopic (exact) mass is 365 g/mol. The highest BCUT2D eigenvalue weighted by Gasteiger charge is 2.42. The van der Waals surface area contributed by atoms with Crippen LogP contribution in [-0.2, 0) is 11.3 Å². The Hall–Kier alpha value is -1.07. The predicted octanol–water partition coefficient (Wildman–Crippen LogP) is 3.03. The maximum atomic E-state index is 5.62. The number of hydrogen-bond acceptors (Lipinski definition) is 2. The van der Waals surface area contributed by atoms with Gasteiger partial charge in [0.05, 0.1) is 13.2 Å². The van der Waals surface area contributed by atoms with Crippen LogP contribution in [0.3, 0.4) is 0 Å². The molecule has 0 amide bonds. The molecule has 120 valence electrons. The quantitative estimate of drug-likeness (QED) is 0.660. The van der Waals surface area contributed by atoms with Gasteiger partial charge in [0, 0.05) is 36.1 Å². The van der Waals surface area contributed by atoms with Crippen LogP contribution in [0.15, 0.2) is 33.7 Å². The van der Waals surface area contributed by atoms with Crippen molar-refractivity contribution in [3.63, 3.8) is 0 Å². The van der Waals surface area contributed by atoms with Crippen LogP contribution in [0.5, 0.6) is 0 Å². The molecule has 4 nitrogen and oxygen atoms in total. The van der Waals surface area contributed by atoms with Crippen molar-refractivity contribution < 1.29 is 4.74 Å². The molecule has 2 saturated heterocycles. The van der Waals surface area contributed by atoms with Gasteiger partial charge in [0.1, 0.15) is 0 Å². The number of hydrogen-bond donors (Lipinski definition) is 1. The molecule has 0 aromatic heterocycles. The molecule has 1 atom stereocenters. The maximum absolute atomic E-state index is 5.62. The summed E-state index contributed by atoms with van der Waals surface area (Å²) < 4.78 is 6.73. The third kappa shape index (κ3) is 3.63. The molecule has 2 aliphatic heterocycles. The highest BCUT2D eigenvalue weighted by molar-refractivity contribution is 9.10. The summed E-state index contributed by atoms with van der Waals surface area (Å²) in [5.41, 5.74) is 1.59. The second-order valence-corrected chi connectivity index (χ2v) is 7.19. The molecule has 22 heavy (non-hydrogen) atoms. The molecule has 1 N–H and O–H groups in total. The standard InChI is InChI=1S/C17H24BrN3O/c1-2-19-16(20-11-14-4-3-5-15(18)10-14)21-8-6-17(12-21)7-9-22-13-17/h3-5,10H,2,6-9,11-13H2,1H3,(H,19,20). The summed E-state index contributed by atoms with van der Waals surface area (Å²) in [4.78, 5) is 7.23. The van der Waals surface area contributed by atoms with Crippen molar-refractivity contribution in [2.24, 2.45) is 10.4 Å². The van der Waals surface area contributed by atoms with E-state index in [2.05, 4.69) is 51.3 Å². The third-order valence-electron chi connectivity index (χ3n) is 4.56. The van der Waals surface area contributed by atoms with Crippen LogP contribution < -0.4 is 5.32 Å². The molecule has 5 heteroatoms. The summed E-state index contributed by atoms with van der Waals surface area (Å²) >= 11 is 3.52. The van der Waals surface area contributed by atoms with E-state index in [1.165, 1.54) is 18.4 Å². The number of rotatable bonds is 3. The summed E-state index contributed by atoms with van der Waals surface area (Å²) in [6, 6.07) is 8.35. The van der Waals surface area contributed by atoms with E-state index in [0.717, 1.165) is 43.3 Å². The molecule has 2 heterocycles. The highest BCUT2D eigenvalue weighted by Crippen LogP contribution is 2.38. The zero-order valence-electron chi connectivity index (χ0n) is 13.1. The minimum atomic E-state index is 0.367. The van der Waals surface area contributed by atoms with Gasteiger partial charge in [0.25, 0.3) is 0 Å². The Kier molecular flexibility index (Phi) is 5.03. The average molecular weight is 366 g/mol. The van der Waals surface area contributed by atoms with Crippen LogP contribution in [0, 0.1) is 5.41 Å². The summed E-state index contributed by atoms with van der Waals surface area (Å²) in [5.74, 6) is 1.03. The van der Waals surface area contributed by atoms with Gasteiger partial charge in [-0.2, -0.15) is 0 Å². The maximum Gasteiger partial charge on any atom is 0.194 e. The Labute approximate surface area is 141 Å². The van der Waals surface area contributed by atoms with E-state index in [9.17, 15) is 0 Å². The average Bonchev–Trinajstić information content (AvgIpc) is 3.14. The molecule has 1 aromatic carbocycles. The number of guanidine groups is 1. The second-order valence-electron chi connectivity index (χ2n) is 6.27. The lowest BCUT2D eigenvalue weighted by Gasteiger charge is -2.25. The Morgan fingerprint density at radius 3 is 3.09 bits per heavy atom. The van der Waals surface area contributed by atoms with Crippen molar-refractivity contribution in [2.45, 2.75) is 26.3 Å². The fourth-order valence-corrected chi connectivity index (χ4v) is 3.76. The first kappa shape index (κ1) is 15.8. The van der Waals surface area contributed by atoms with Crippen LogP contribution >= 0.6 is 15.9 Å². The molecule has 1 spiro atoms. The molecular weight excluding hydrogens is 342 g/mol. The first-order chi connectivity index (χ1) is 10.7.